The minimum absolute atomic E-state index is 0.158. The Morgan fingerprint density at radius 1 is 1.35 bits per heavy atom. The Labute approximate surface area is 117 Å². The van der Waals surface area contributed by atoms with E-state index < -0.39 is 0 Å². The molecule has 2 aliphatic carbocycles. The van der Waals surface area contributed by atoms with Crippen molar-refractivity contribution >= 4 is 22.5 Å². The summed E-state index contributed by atoms with van der Waals surface area (Å²) in [4.78, 5) is 12.2. The van der Waals surface area contributed by atoms with Crippen LogP contribution in [0.1, 0.15) is 32.1 Å². The lowest BCUT2D eigenvalue weighted by Crippen LogP contribution is -2.20. The molecule has 3 atom stereocenters. The molecule has 2 aromatic rings. The lowest BCUT2D eigenvalue weighted by molar-refractivity contribution is -0.117. The van der Waals surface area contributed by atoms with Gasteiger partial charge in [0.2, 0.25) is 5.91 Å². The molecule has 1 aromatic carbocycles. The standard InChI is InChI=1S/C16H19N3O/c20-16(8-12-6-10-1-2-11(12)5-10)18-14-3-4-15-13(7-14)9-17-19-15/h3-4,7,9-12H,1-2,5-6,8H2,(H,17,19)(H,18,20). The minimum Gasteiger partial charge on any atom is -0.326 e. The third kappa shape index (κ3) is 2.09. The number of benzene rings is 1. The fraction of sp³-hybridized carbons (Fsp3) is 0.500. The number of carbonyl (C=O) groups excluding carboxylic acids is 1. The summed E-state index contributed by atoms with van der Waals surface area (Å²) in [5, 5.41) is 11.0. The van der Waals surface area contributed by atoms with Gasteiger partial charge < -0.3 is 5.32 Å². The van der Waals surface area contributed by atoms with Crippen LogP contribution in [0.2, 0.25) is 0 Å². The number of nitrogens with zero attached hydrogens (tertiary/aromatic N) is 1. The molecule has 4 rings (SSSR count). The summed E-state index contributed by atoms with van der Waals surface area (Å²) in [6.07, 6.45) is 7.81. The van der Waals surface area contributed by atoms with Gasteiger partial charge in [0.05, 0.1) is 11.7 Å². The second kappa shape index (κ2) is 4.62. The van der Waals surface area contributed by atoms with E-state index in [1.807, 2.05) is 18.2 Å². The van der Waals surface area contributed by atoms with Crippen LogP contribution >= 0.6 is 0 Å². The lowest BCUT2D eigenvalue weighted by Gasteiger charge is -2.20. The monoisotopic (exact) mass is 269 g/mol. The minimum atomic E-state index is 0.158. The quantitative estimate of drug-likeness (QED) is 0.898. The van der Waals surface area contributed by atoms with Gasteiger partial charge in [0.1, 0.15) is 0 Å². The van der Waals surface area contributed by atoms with Crippen molar-refractivity contribution in [2.75, 3.05) is 5.32 Å². The van der Waals surface area contributed by atoms with Crippen LogP contribution < -0.4 is 5.32 Å². The van der Waals surface area contributed by atoms with E-state index >= 15 is 0 Å². The Kier molecular flexibility index (Phi) is 2.76. The molecule has 4 nitrogen and oxygen atoms in total. The van der Waals surface area contributed by atoms with Crippen molar-refractivity contribution in [2.45, 2.75) is 32.1 Å². The third-order valence-corrected chi connectivity index (χ3v) is 5.06. The highest BCUT2D eigenvalue weighted by Gasteiger charge is 2.40. The molecule has 0 saturated heterocycles. The molecular formula is C16H19N3O. The van der Waals surface area contributed by atoms with Crippen LogP contribution in [0, 0.1) is 17.8 Å². The molecule has 1 aromatic heterocycles. The molecule has 3 unspecified atom stereocenters. The molecule has 104 valence electrons. The van der Waals surface area contributed by atoms with E-state index in [-0.39, 0.29) is 5.91 Å². The molecule has 1 amide bonds. The number of aromatic amines is 1. The maximum Gasteiger partial charge on any atom is 0.224 e. The van der Waals surface area contributed by atoms with Crippen LogP contribution in [0.25, 0.3) is 10.9 Å². The van der Waals surface area contributed by atoms with Crippen molar-refractivity contribution in [3.63, 3.8) is 0 Å². The highest BCUT2D eigenvalue weighted by atomic mass is 16.1. The molecule has 0 aliphatic heterocycles. The third-order valence-electron chi connectivity index (χ3n) is 5.06. The normalized spacial score (nSPS) is 28.1. The summed E-state index contributed by atoms with van der Waals surface area (Å²) >= 11 is 0. The number of rotatable bonds is 3. The van der Waals surface area contributed by atoms with Gasteiger partial charge in [0, 0.05) is 17.5 Å². The summed E-state index contributed by atoms with van der Waals surface area (Å²) in [6, 6.07) is 5.85. The maximum atomic E-state index is 12.2. The van der Waals surface area contributed by atoms with Crippen LogP contribution in [0.4, 0.5) is 5.69 Å². The van der Waals surface area contributed by atoms with E-state index in [0.29, 0.717) is 12.3 Å². The van der Waals surface area contributed by atoms with Crippen LogP contribution in [-0.4, -0.2) is 16.1 Å². The Bertz CT molecular complexity index is 648. The lowest BCUT2D eigenvalue weighted by atomic mass is 9.86. The molecule has 2 saturated carbocycles. The van der Waals surface area contributed by atoms with Crippen LogP contribution in [0.15, 0.2) is 24.4 Å². The second-order valence-electron chi connectivity index (χ2n) is 6.36. The Morgan fingerprint density at radius 3 is 3.10 bits per heavy atom. The van der Waals surface area contributed by atoms with Crippen LogP contribution in [0.5, 0.6) is 0 Å². The highest BCUT2D eigenvalue weighted by molar-refractivity contribution is 5.93. The first kappa shape index (κ1) is 11.9. The number of aromatic nitrogens is 2. The average Bonchev–Trinajstić information content (AvgIpc) is 3.13. The highest BCUT2D eigenvalue weighted by Crippen LogP contribution is 2.49. The number of anilines is 1. The van der Waals surface area contributed by atoms with Crippen LogP contribution in [-0.2, 0) is 4.79 Å². The Morgan fingerprint density at radius 2 is 2.30 bits per heavy atom. The molecule has 0 spiro atoms. The van der Waals surface area contributed by atoms with Gasteiger partial charge in [-0.2, -0.15) is 5.10 Å². The van der Waals surface area contributed by atoms with E-state index in [2.05, 4.69) is 15.5 Å². The first-order valence-corrected chi connectivity index (χ1v) is 7.51. The van der Waals surface area contributed by atoms with Crippen molar-refractivity contribution in [3.05, 3.63) is 24.4 Å². The Hall–Kier alpha value is -1.84. The van der Waals surface area contributed by atoms with Gasteiger partial charge >= 0.3 is 0 Å². The van der Waals surface area contributed by atoms with E-state index in [9.17, 15) is 4.79 Å². The SMILES string of the molecule is O=C(CC1CC2CCC1C2)Nc1ccc2[nH]ncc2c1. The summed E-state index contributed by atoms with van der Waals surface area (Å²) in [7, 11) is 0. The largest absolute Gasteiger partial charge is 0.326 e. The first-order chi connectivity index (χ1) is 9.78. The second-order valence-corrected chi connectivity index (χ2v) is 6.36. The van der Waals surface area contributed by atoms with Gasteiger partial charge in [-0.25, -0.2) is 0 Å². The van der Waals surface area contributed by atoms with Crippen molar-refractivity contribution in [2.24, 2.45) is 17.8 Å². The van der Waals surface area contributed by atoms with Crippen LogP contribution in [0.3, 0.4) is 0 Å². The molecule has 1 heterocycles. The molecule has 2 N–H and O–H groups in total. The predicted molar refractivity (Wildman–Crippen MR) is 78.3 cm³/mol. The smallest absolute Gasteiger partial charge is 0.224 e. The number of nitrogens with one attached hydrogen (secondary N) is 2. The maximum absolute atomic E-state index is 12.2. The molecule has 0 radical (unpaired) electrons. The molecule has 2 fully saturated rings. The topological polar surface area (TPSA) is 57.8 Å². The summed E-state index contributed by atoms with van der Waals surface area (Å²) < 4.78 is 0. The number of carbonyl (C=O) groups is 1. The number of H-pyrrole nitrogens is 1. The zero-order valence-corrected chi connectivity index (χ0v) is 11.4. The van der Waals surface area contributed by atoms with Crippen molar-refractivity contribution < 1.29 is 4.79 Å². The predicted octanol–water partition coefficient (Wildman–Crippen LogP) is 3.33. The van der Waals surface area contributed by atoms with Gasteiger partial charge in [-0.05, 0) is 55.2 Å². The number of hydrogen-bond donors (Lipinski definition) is 2. The molecule has 2 bridgehead atoms. The average molecular weight is 269 g/mol. The number of hydrogen-bond acceptors (Lipinski definition) is 2. The Balaban J connectivity index is 1.41. The van der Waals surface area contributed by atoms with Gasteiger partial charge in [0.25, 0.3) is 0 Å². The molecule has 20 heavy (non-hydrogen) atoms. The summed E-state index contributed by atoms with van der Waals surface area (Å²) in [6.45, 7) is 0. The first-order valence-electron chi connectivity index (χ1n) is 7.51. The zero-order chi connectivity index (χ0) is 13.5. The van der Waals surface area contributed by atoms with Gasteiger partial charge in [-0.3, -0.25) is 9.89 Å². The van der Waals surface area contributed by atoms with Crippen molar-refractivity contribution in [1.82, 2.24) is 10.2 Å². The van der Waals surface area contributed by atoms with E-state index in [1.165, 1.54) is 25.7 Å². The zero-order valence-electron chi connectivity index (χ0n) is 11.4. The van der Waals surface area contributed by atoms with Gasteiger partial charge in [-0.1, -0.05) is 6.42 Å². The van der Waals surface area contributed by atoms with Crippen molar-refractivity contribution in [1.29, 1.82) is 0 Å². The molecule has 2 aliphatic rings. The summed E-state index contributed by atoms with van der Waals surface area (Å²) in [5.74, 6) is 2.49. The number of amides is 1. The molecule has 4 heteroatoms. The van der Waals surface area contributed by atoms with Crippen molar-refractivity contribution in [3.8, 4) is 0 Å². The van der Waals surface area contributed by atoms with E-state index in [1.54, 1.807) is 6.20 Å². The van der Waals surface area contributed by atoms with E-state index in [4.69, 9.17) is 0 Å². The van der Waals surface area contributed by atoms with Gasteiger partial charge in [-0.15, -0.1) is 0 Å². The van der Waals surface area contributed by atoms with Gasteiger partial charge in [0.15, 0.2) is 0 Å². The fourth-order valence-corrected chi connectivity index (χ4v) is 4.10. The summed E-state index contributed by atoms with van der Waals surface area (Å²) in [5.41, 5.74) is 1.86. The van der Waals surface area contributed by atoms with E-state index in [0.717, 1.165) is 28.4 Å². The number of fused-ring (bicyclic) bond motifs is 3. The fourth-order valence-electron chi connectivity index (χ4n) is 4.10. The molecular weight excluding hydrogens is 250 g/mol.